The summed E-state index contributed by atoms with van der Waals surface area (Å²) in [4.78, 5) is 12.5. The van der Waals surface area contributed by atoms with Gasteiger partial charge in [0.25, 0.3) is 0 Å². The van der Waals surface area contributed by atoms with Gasteiger partial charge in [0.2, 0.25) is 0 Å². The summed E-state index contributed by atoms with van der Waals surface area (Å²) in [5.41, 5.74) is 2.91. The van der Waals surface area contributed by atoms with E-state index in [2.05, 4.69) is 10.2 Å². The van der Waals surface area contributed by atoms with Gasteiger partial charge in [0.1, 0.15) is 11.9 Å². The minimum absolute atomic E-state index is 0.0523. The third-order valence-corrected chi connectivity index (χ3v) is 6.42. The average Bonchev–Trinajstić information content (AvgIpc) is 3.22. The Balaban J connectivity index is 1.63. The van der Waals surface area contributed by atoms with Crippen LogP contribution in [0.5, 0.6) is 5.75 Å². The largest absolute Gasteiger partial charge is 0.495 e. The van der Waals surface area contributed by atoms with Crippen LogP contribution in [-0.2, 0) is 9.53 Å². The van der Waals surface area contributed by atoms with Crippen molar-refractivity contribution in [1.29, 1.82) is 0 Å². The van der Waals surface area contributed by atoms with Crippen LogP contribution in [0.1, 0.15) is 37.7 Å². The molecule has 4 rings (SSSR count). The Hall–Kier alpha value is -2.80. The van der Waals surface area contributed by atoms with E-state index >= 15 is 0 Å². The monoisotopic (exact) mass is 437 g/mol. The van der Waals surface area contributed by atoms with Crippen LogP contribution >= 0.6 is 11.8 Å². The standard InChI is InChI=1S/C24H27N3O3S/c1-17-10-6-7-13-19(17)23-25-26-24(27(23)20-14-8-9-15-21(20)29-2)31-16-22(28)30-18-11-4-3-5-12-18/h6-10,13-15,18H,3-5,11-12,16H2,1-2H3. The number of esters is 1. The number of methoxy groups -OCH3 is 1. The van der Waals surface area contributed by atoms with Crippen LogP contribution < -0.4 is 4.74 Å². The number of para-hydroxylation sites is 2. The molecule has 162 valence electrons. The number of carbonyl (C=O) groups excluding carboxylic acids is 1. The summed E-state index contributed by atoms with van der Waals surface area (Å²) in [6.45, 7) is 2.05. The van der Waals surface area contributed by atoms with Gasteiger partial charge in [-0.1, -0.05) is 54.6 Å². The van der Waals surface area contributed by atoms with Gasteiger partial charge in [-0.3, -0.25) is 9.36 Å². The first kappa shape index (κ1) is 21.4. The maximum absolute atomic E-state index is 12.5. The molecule has 0 amide bonds. The second kappa shape index (κ2) is 10.0. The lowest BCUT2D eigenvalue weighted by Crippen LogP contribution is -2.22. The zero-order valence-corrected chi connectivity index (χ0v) is 18.7. The summed E-state index contributed by atoms with van der Waals surface area (Å²) < 4.78 is 13.2. The highest BCUT2D eigenvalue weighted by Crippen LogP contribution is 2.33. The Morgan fingerprint density at radius 2 is 1.81 bits per heavy atom. The van der Waals surface area contributed by atoms with Crippen LogP contribution in [0.2, 0.25) is 0 Å². The average molecular weight is 438 g/mol. The minimum Gasteiger partial charge on any atom is -0.495 e. The molecule has 0 saturated heterocycles. The molecule has 1 saturated carbocycles. The number of hydrogen-bond donors (Lipinski definition) is 0. The molecule has 7 heteroatoms. The topological polar surface area (TPSA) is 66.2 Å². The Morgan fingerprint density at radius 1 is 1.06 bits per heavy atom. The molecule has 1 aromatic heterocycles. The summed E-state index contributed by atoms with van der Waals surface area (Å²) in [6.07, 6.45) is 5.47. The number of aryl methyl sites for hydroxylation is 1. The van der Waals surface area contributed by atoms with Gasteiger partial charge in [-0.2, -0.15) is 0 Å². The zero-order chi connectivity index (χ0) is 21.6. The molecule has 0 radical (unpaired) electrons. The van der Waals surface area contributed by atoms with Crippen molar-refractivity contribution < 1.29 is 14.3 Å². The second-order valence-electron chi connectivity index (χ2n) is 7.67. The van der Waals surface area contributed by atoms with Crippen molar-refractivity contribution in [2.24, 2.45) is 0 Å². The summed E-state index contributed by atoms with van der Waals surface area (Å²) in [5, 5.41) is 9.52. The lowest BCUT2D eigenvalue weighted by atomic mass is 9.98. The number of benzene rings is 2. The summed E-state index contributed by atoms with van der Waals surface area (Å²) in [7, 11) is 1.64. The van der Waals surface area contributed by atoms with Gasteiger partial charge in [0.15, 0.2) is 11.0 Å². The third-order valence-electron chi connectivity index (χ3n) is 5.51. The predicted octanol–water partition coefficient (Wildman–Crippen LogP) is 5.22. The Kier molecular flexibility index (Phi) is 6.92. The van der Waals surface area contributed by atoms with Crippen molar-refractivity contribution in [3.8, 4) is 22.8 Å². The van der Waals surface area contributed by atoms with Crippen LogP contribution in [0.25, 0.3) is 17.1 Å². The molecule has 31 heavy (non-hydrogen) atoms. The van der Waals surface area contributed by atoms with Crippen LogP contribution in [0.3, 0.4) is 0 Å². The van der Waals surface area contributed by atoms with E-state index in [4.69, 9.17) is 9.47 Å². The first-order valence-electron chi connectivity index (χ1n) is 10.6. The normalized spacial score (nSPS) is 14.4. The van der Waals surface area contributed by atoms with E-state index in [0.717, 1.165) is 42.5 Å². The van der Waals surface area contributed by atoms with Crippen molar-refractivity contribution in [2.75, 3.05) is 12.9 Å². The van der Waals surface area contributed by atoms with E-state index < -0.39 is 0 Å². The number of rotatable bonds is 7. The highest BCUT2D eigenvalue weighted by molar-refractivity contribution is 7.99. The fraction of sp³-hybridized carbons (Fsp3) is 0.375. The molecular formula is C24H27N3O3S. The van der Waals surface area contributed by atoms with Gasteiger partial charge in [0.05, 0.1) is 18.6 Å². The minimum atomic E-state index is -0.205. The van der Waals surface area contributed by atoms with Crippen molar-refractivity contribution in [3.05, 3.63) is 54.1 Å². The third kappa shape index (κ3) is 4.93. The van der Waals surface area contributed by atoms with E-state index in [9.17, 15) is 4.79 Å². The molecule has 6 nitrogen and oxygen atoms in total. The summed E-state index contributed by atoms with van der Waals surface area (Å²) >= 11 is 1.34. The van der Waals surface area contributed by atoms with Crippen LogP contribution in [-0.4, -0.2) is 39.7 Å². The molecule has 0 N–H and O–H groups in total. The van der Waals surface area contributed by atoms with E-state index in [1.54, 1.807) is 7.11 Å². The Labute approximate surface area is 187 Å². The van der Waals surface area contributed by atoms with Crippen molar-refractivity contribution in [1.82, 2.24) is 14.8 Å². The fourth-order valence-electron chi connectivity index (χ4n) is 3.92. The van der Waals surface area contributed by atoms with E-state index in [-0.39, 0.29) is 17.8 Å². The lowest BCUT2D eigenvalue weighted by molar-refractivity contribution is -0.147. The highest BCUT2D eigenvalue weighted by atomic mass is 32.2. The molecule has 2 aromatic carbocycles. The van der Waals surface area contributed by atoms with Gasteiger partial charge in [-0.05, 0) is 50.3 Å². The van der Waals surface area contributed by atoms with Crippen molar-refractivity contribution >= 4 is 17.7 Å². The van der Waals surface area contributed by atoms with E-state index in [1.807, 2.05) is 60.0 Å². The first-order valence-corrected chi connectivity index (χ1v) is 11.6. The maximum Gasteiger partial charge on any atom is 0.316 e. The molecule has 0 spiro atoms. The number of thioether (sulfide) groups is 1. The summed E-state index contributed by atoms with van der Waals surface area (Å²) in [5.74, 6) is 1.41. The second-order valence-corrected chi connectivity index (χ2v) is 8.61. The predicted molar refractivity (Wildman–Crippen MR) is 122 cm³/mol. The lowest BCUT2D eigenvalue weighted by Gasteiger charge is -2.21. The smallest absolute Gasteiger partial charge is 0.316 e. The first-order chi connectivity index (χ1) is 15.2. The molecule has 1 fully saturated rings. The molecule has 1 aliphatic rings. The van der Waals surface area contributed by atoms with E-state index in [0.29, 0.717) is 16.7 Å². The Bertz CT molecular complexity index is 1040. The quantitative estimate of drug-likeness (QED) is 0.373. The number of hydrogen-bond acceptors (Lipinski definition) is 6. The fourth-order valence-corrected chi connectivity index (χ4v) is 4.65. The van der Waals surface area contributed by atoms with Crippen LogP contribution in [0.4, 0.5) is 0 Å². The molecule has 0 atom stereocenters. The SMILES string of the molecule is COc1ccccc1-n1c(SCC(=O)OC2CCCCC2)nnc1-c1ccccc1C. The molecule has 0 bridgehead atoms. The van der Waals surface area contributed by atoms with Crippen molar-refractivity contribution in [3.63, 3.8) is 0 Å². The summed E-state index contributed by atoms with van der Waals surface area (Å²) in [6, 6.07) is 15.8. The Morgan fingerprint density at radius 3 is 2.58 bits per heavy atom. The maximum atomic E-state index is 12.5. The molecule has 1 aliphatic carbocycles. The van der Waals surface area contributed by atoms with Crippen LogP contribution in [0, 0.1) is 6.92 Å². The van der Waals surface area contributed by atoms with E-state index in [1.165, 1.54) is 18.2 Å². The van der Waals surface area contributed by atoms with Gasteiger partial charge in [-0.15, -0.1) is 10.2 Å². The van der Waals surface area contributed by atoms with Gasteiger partial charge >= 0.3 is 5.97 Å². The molecule has 0 aliphatic heterocycles. The molecular weight excluding hydrogens is 410 g/mol. The van der Waals surface area contributed by atoms with Gasteiger partial charge in [0, 0.05) is 5.56 Å². The van der Waals surface area contributed by atoms with Gasteiger partial charge < -0.3 is 9.47 Å². The molecule has 1 heterocycles. The number of nitrogens with zero attached hydrogens (tertiary/aromatic N) is 3. The number of ether oxygens (including phenoxy) is 2. The van der Waals surface area contributed by atoms with Crippen molar-refractivity contribution in [2.45, 2.75) is 50.3 Å². The molecule has 3 aromatic rings. The molecule has 0 unspecified atom stereocenters. The van der Waals surface area contributed by atoms with Crippen LogP contribution in [0.15, 0.2) is 53.7 Å². The highest BCUT2D eigenvalue weighted by Gasteiger charge is 2.22. The van der Waals surface area contributed by atoms with Gasteiger partial charge in [-0.25, -0.2) is 0 Å². The number of aromatic nitrogens is 3. The number of carbonyl (C=O) groups is 1. The zero-order valence-electron chi connectivity index (χ0n) is 17.9.